The van der Waals surface area contributed by atoms with E-state index in [0.717, 1.165) is 30.5 Å². The van der Waals surface area contributed by atoms with Crippen molar-refractivity contribution in [2.45, 2.75) is 39.0 Å². The highest BCUT2D eigenvalue weighted by molar-refractivity contribution is 5.99. The molecule has 0 saturated heterocycles. The van der Waals surface area contributed by atoms with E-state index in [4.69, 9.17) is 4.74 Å². The third-order valence-electron chi connectivity index (χ3n) is 6.51. The van der Waals surface area contributed by atoms with Gasteiger partial charge in [0.1, 0.15) is 5.69 Å². The number of ether oxygens (including phenoxy) is 1. The Bertz CT molecular complexity index is 1130. The number of aryl methyl sites for hydroxylation is 1. The molecule has 34 heavy (non-hydrogen) atoms. The highest BCUT2D eigenvalue weighted by Crippen LogP contribution is 2.36. The largest absolute Gasteiger partial charge is 0.455 e. The second-order valence-electron chi connectivity index (χ2n) is 8.80. The number of anilines is 2. The Kier molecular flexibility index (Phi) is 6.90. The zero-order valence-corrected chi connectivity index (χ0v) is 19.0. The lowest BCUT2D eigenvalue weighted by atomic mass is 9.78. The third kappa shape index (κ3) is 4.93. The molecule has 4 rings (SSSR count). The van der Waals surface area contributed by atoms with Gasteiger partial charge in [-0.05, 0) is 49.4 Å². The molecule has 2 amide bonds. The van der Waals surface area contributed by atoms with Crippen LogP contribution in [-0.2, 0) is 25.5 Å². The molecule has 1 heterocycles. The number of rotatable bonds is 6. The minimum Gasteiger partial charge on any atom is -0.455 e. The zero-order chi connectivity index (χ0) is 24.2. The average molecular weight is 466 g/mol. The van der Waals surface area contributed by atoms with Crippen LogP contribution < -0.4 is 10.2 Å². The standard InChI is InChI=1S/C25H27N3O6/c1-16-10-11-20(22(14-16)28(32)33)26-23(29)15-34-25(31)19-8-4-3-7-18(19)24(30)27-13-12-17-6-2-5-9-21(17)27/h2,5-6,9-11,14,18-19H,3-4,7-8,12-13,15H2,1H3,(H,26,29). The van der Waals surface area contributed by atoms with Crippen LogP contribution in [0.4, 0.5) is 17.1 Å². The zero-order valence-electron chi connectivity index (χ0n) is 19.0. The van der Waals surface area contributed by atoms with Gasteiger partial charge in [-0.2, -0.15) is 0 Å². The van der Waals surface area contributed by atoms with Crippen molar-refractivity contribution in [2.75, 3.05) is 23.4 Å². The number of carbonyl (C=O) groups excluding carboxylic acids is 3. The number of fused-ring (bicyclic) bond motifs is 1. The van der Waals surface area contributed by atoms with Crippen molar-refractivity contribution >= 4 is 34.8 Å². The normalized spacial score (nSPS) is 19.3. The van der Waals surface area contributed by atoms with Crippen LogP contribution in [0, 0.1) is 28.9 Å². The smallest absolute Gasteiger partial charge is 0.310 e. The summed E-state index contributed by atoms with van der Waals surface area (Å²) >= 11 is 0. The molecule has 0 aromatic heterocycles. The molecule has 178 valence electrons. The number of carbonyl (C=O) groups is 3. The molecule has 2 aromatic carbocycles. The first-order valence-corrected chi connectivity index (χ1v) is 11.5. The maximum atomic E-state index is 13.4. The Morgan fingerprint density at radius 1 is 1.12 bits per heavy atom. The van der Waals surface area contributed by atoms with E-state index < -0.39 is 35.2 Å². The van der Waals surface area contributed by atoms with Crippen molar-refractivity contribution in [3.05, 3.63) is 63.7 Å². The predicted octanol–water partition coefficient (Wildman–Crippen LogP) is 3.78. The summed E-state index contributed by atoms with van der Waals surface area (Å²) in [5, 5.41) is 13.7. The van der Waals surface area contributed by atoms with E-state index >= 15 is 0 Å². The lowest BCUT2D eigenvalue weighted by Crippen LogP contribution is -2.42. The Morgan fingerprint density at radius 2 is 1.85 bits per heavy atom. The van der Waals surface area contributed by atoms with Crippen LogP contribution >= 0.6 is 0 Å². The van der Waals surface area contributed by atoms with Gasteiger partial charge < -0.3 is 15.0 Å². The first kappa shape index (κ1) is 23.4. The number of amides is 2. The molecule has 1 aliphatic carbocycles. The van der Waals surface area contributed by atoms with Gasteiger partial charge in [-0.1, -0.05) is 37.1 Å². The van der Waals surface area contributed by atoms with Crippen molar-refractivity contribution in [3.8, 4) is 0 Å². The molecule has 0 spiro atoms. The lowest BCUT2D eigenvalue weighted by Gasteiger charge is -2.32. The van der Waals surface area contributed by atoms with Crippen LogP contribution in [-0.4, -0.2) is 35.9 Å². The SMILES string of the molecule is Cc1ccc(NC(=O)COC(=O)C2CCCCC2C(=O)N2CCc3ccccc32)c([N+](=O)[O-])c1. The number of hydrogen-bond donors (Lipinski definition) is 1. The van der Waals surface area contributed by atoms with Gasteiger partial charge in [-0.15, -0.1) is 0 Å². The van der Waals surface area contributed by atoms with Crippen LogP contribution in [0.2, 0.25) is 0 Å². The molecular formula is C25H27N3O6. The Hall–Kier alpha value is -3.75. The molecular weight excluding hydrogens is 438 g/mol. The first-order chi connectivity index (χ1) is 16.3. The Labute approximate surface area is 197 Å². The van der Waals surface area contributed by atoms with E-state index in [9.17, 15) is 24.5 Å². The molecule has 1 fully saturated rings. The fourth-order valence-corrected chi connectivity index (χ4v) is 4.80. The van der Waals surface area contributed by atoms with Gasteiger partial charge in [-0.3, -0.25) is 24.5 Å². The van der Waals surface area contributed by atoms with E-state index in [1.165, 1.54) is 12.1 Å². The van der Waals surface area contributed by atoms with Gasteiger partial charge in [-0.25, -0.2) is 0 Å². The summed E-state index contributed by atoms with van der Waals surface area (Å²) in [6.07, 6.45) is 3.57. The maximum absolute atomic E-state index is 13.4. The van der Waals surface area contributed by atoms with Gasteiger partial charge in [0.2, 0.25) is 5.91 Å². The van der Waals surface area contributed by atoms with E-state index in [-0.39, 0.29) is 17.3 Å². The molecule has 2 atom stereocenters. The van der Waals surface area contributed by atoms with Crippen LogP contribution in [0.15, 0.2) is 42.5 Å². The van der Waals surface area contributed by atoms with E-state index in [1.807, 2.05) is 24.3 Å². The predicted molar refractivity (Wildman–Crippen MR) is 125 cm³/mol. The fraction of sp³-hybridized carbons (Fsp3) is 0.400. The van der Waals surface area contributed by atoms with Crippen molar-refractivity contribution in [1.29, 1.82) is 0 Å². The number of benzene rings is 2. The molecule has 1 aliphatic heterocycles. The topological polar surface area (TPSA) is 119 Å². The monoisotopic (exact) mass is 465 g/mol. The van der Waals surface area contributed by atoms with Crippen LogP contribution in [0.5, 0.6) is 0 Å². The van der Waals surface area contributed by atoms with Crippen molar-refractivity contribution in [3.63, 3.8) is 0 Å². The summed E-state index contributed by atoms with van der Waals surface area (Å²) in [6.45, 7) is 1.73. The van der Waals surface area contributed by atoms with Crippen molar-refractivity contribution in [1.82, 2.24) is 0 Å². The minimum absolute atomic E-state index is 0.0371. The number of nitrogens with one attached hydrogen (secondary N) is 1. The number of hydrogen-bond acceptors (Lipinski definition) is 6. The Balaban J connectivity index is 1.39. The van der Waals surface area contributed by atoms with Gasteiger partial charge in [0.15, 0.2) is 6.61 Å². The second kappa shape index (κ2) is 10.0. The molecule has 1 saturated carbocycles. The molecule has 9 nitrogen and oxygen atoms in total. The van der Waals surface area contributed by atoms with E-state index in [2.05, 4.69) is 5.32 Å². The minimum atomic E-state index is -0.674. The number of nitrogens with zero attached hydrogens (tertiary/aromatic N) is 2. The first-order valence-electron chi connectivity index (χ1n) is 11.5. The summed E-state index contributed by atoms with van der Waals surface area (Å²) < 4.78 is 5.26. The number of para-hydroxylation sites is 1. The molecule has 1 N–H and O–H groups in total. The second-order valence-corrected chi connectivity index (χ2v) is 8.80. The number of nitro groups is 1. The van der Waals surface area contributed by atoms with Crippen molar-refractivity contribution in [2.24, 2.45) is 11.8 Å². The quantitative estimate of drug-likeness (QED) is 0.394. The average Bonchev–Trinajstić information content (AvgIpc) is 3.27. The molecule has 2 aliphatic rings. The molecule has 9 heteroatoms. The molecule has 2 aromatic rings. The highest BCUT2D eigenvalue weighted by Gasteiger charge is 2.40. The Morgan fingerprint density at radius 3 is 2.62 bits per heavy atom. The highest BCUT2D eigenvalue weighted by atomic mass is 16.6. The molecule has 0 radical (unpaired) electrons. The van der Waals surface area contributed by atoms with Crippen molar-refractivity contribution < 1.29 is 24.0 Å². The van der Waals surface area contributed by atoms with Crippen LogP contribution in [0.3, 0.4) is 0 Å². The maximum Gasteiger partial charge on any atom is 0.310 e. The molecule has 2 unspecified atom stereocenters. The lowest BCUT2D eigenvalue weighted by molar-refractivity contribution is -0.384. The number of esters is 1. The third-order valence-corrected chi connectivity index (χ3v) is 6.51. The summed E-state index contributed by atoms with van der Waals surface area (Å²) in [7, 11) is 0. The van der Waals surface area contributed by atoms with Gasteiger partial charge in [0.25, 0.3) is 11.6 Å². The molecule has 0 bridgehead atoms. The van der Waals surface area contributed by atoms with Gasteiger partial charge >= 0.3 is 5.97 Å². The van der Waals surface area contributed by atoms with Crippen LogP contribution in [0.1, 0.15) is 36.8 Å². The summed E-state index contributed by atoms with van der Waals surface area (Å²) in [5.41, 5.74) is 2.50. The fourth-order valence-electron chi connectivity index (χ4n) is 4.80. The van der Waals surface area contributed by atoms with E-state index in [0.29, 0.717) is 24.9 Å². The number of nitro benzene ring substituents is 1. The summed E-state index contributed by atoms with van der Waals surface area (Å²) in [5.74, 6) is -2.44. The van der Waals surface area contributed by atoms with E-state index in [1.54, 1.807) is 17.9 Å². The summed E-state index contributed by atoms with van der Waals surface area (Å²) in [6, 6.07) is 12.2. The summed E-state index contributed by atoms with van der Waals surface area (Å²) in [4.78, 5) is 51.0. The van der Waals surface area contributed by atoms with Gasteiger partial charge in [0, 0.05) is 18.3 Å². The van der Waals surface area contributed by atoms with Gasteiger partial charge in [0.05, 0.1) is 16.8 Å². The van der Waals surface area contributed by atoms with Crippen LogP contribution in [0.25, 0.3) is 0 Å².